The minimum Gasteiger partial charge on any atom is -0.307 e. The van der Waals surface area contributed by atoms with Gasteiger partial charge in [-0.2, -0.15) is 0 Å². The summed E-state index contributed by atoms with van der Waals surface area (Å²) in [4.78, 5) is 26.5. The Morgan fingerprint density at radius 1 is 1.21 bits per heavy atom. The van der Waals surface area contributed by atoms with Crippen LogP contribution in [-0.2, 0) is 0 Å². The Kier molecular flexibility index (Phi) is 3.93. The van der Waals surface area contributed by atoms with Crippen LogP contribution >= 0.6 is 0 Å². The number of hydrogen-bond acceptors (Lipinski definition) is 2. The van der Waals surface area contributed by atoms with Crippen LogP contribution in [0, 0.1) is 6.92 Å². The summed E-state index contributed by atoms with van der Waals surface area (Å²) in [7, 11) is 0. The molecule has 5 nitrogen and oxygen atoms in total. The van der Waals surface area contributed by atoms with Gasteiger partial charge < -0.3 is 4.98 Å². The number of pyridine rings is 1. The van der Waals surface area contributed by atoms with E-state index in [1.165, 1.54) is 6.07 Å². The third-order valence-corrected chi connectivity index (χ3v) is 3.52. The molecule has 0 spiro atoms. The van der Waals surface area contributed by atoms with Crippen LogP contribution in [0.15, 0.2) is 15.7 Å². The zero-order valence-corrected chi connectivity index (χ0v) is 11.7. The van der Waals surface area contributed by atoms with Gasteiger partial charge in [0.15, 0.2) is 0 Å². The molecule has 5 heteroatoms. The van der Waals surface area contributed by atoms with Crippen LogP contribution in [0.5, 0.6) is 0 Å². The molecule has 104 valence electrons. The lowest BCUT2D eigenvalue weighted by Crippen LogP contribution is -2.14. The third-order valence-electron chi connectivity index (χ3n) is 3.52. The minimum absolute atomic E-state index is 0.124. The number of nitrogens with one attached hydrogen (secondary N) is 2. The first-order chi connectivity index (χ1) is 9.08. The van der Waals surface area contributed by atoms with E-state index in [0.29, 0.717) is 11.0 Å². The van der Waals surface area contributed by atoms with Gasteiger partial charge in [-0.3, -0.25) is 19.4 Å². The summed E-state index contributed by atoms with van der Waals surface area (Å²) in [6.07, 6.45) is 4.07. The lowest BCUT2D eigenvalue weighted by atomic mass is 10.1. The van der Waals surface area contributed by atoms with E-state index in [-0.39, 0.29) is 17.2 Å². The Balaban J connectivity index is 2.66. The van der Waals surface area contributed by atoms with Crippen LogP contribution in [0.2, 0.25) is 0 Å². The van der Waals surface area contributed by atoms with Crippen molar-refractivity contribution in [1.29, 1.82) is 0 Å². The monoisotopic (exact) mass is 263 g/mol. The van der Waals surface area contributed by atoms with Gasteiger partial charge in [-0.15, -0.1) is 0 Å². The average Bonchev–Trinajstić information content (AvgIpc) is 2.66. The van der Waals surface area contributed by atoms with Crippen LogP contribution in [0.25, 0.3) is 11.0 Å². The molecule has 0 aliphatic rings. The van der Waals surface area contributed by atoms with Gasteiger partial charge in [-0.1, -0.05) is 26.7 Å². The molecule has 0 aromatic carbocycles. The predicted molar refractivity (Wildman–Crippen MR) is 76.8 cm³/mol. The molecule has 2 aromatic heterocycles. The summed E-state index contributed by atoms with van der Waals surface area (Å²) >= 11 is 0. The predicted octanol–water partition coefficient (Wildman–Crippen LogP) is 2.47. The summed E-state index contributed by atoms with van der Waals surface area (Å²) in [5.74, 6) is 0. The molecule has 0 atom stereocenters. The SMILES string of the molecule is CCCC(CCC)n1[nH]c(=O)c2c(C)cc(=O)[nH]c21. The molecule has 0 aliphatic heterocycles. The Morgan fingerprint density at radius 3 is 2.42 bits per heavy atom. The summed E-state index contributed by atoms with van der Waals surface area (Å²) in [5, 5.41) is 3.48. The normalized spacial score (nSPS) is 11.6. The number of fused-ring (bicyclic) bond motifs is 1. The summed E-state index contributed by atoms with van der Waals surface area (Å²) in [6.45, 7) is 6.05. The summed E-state index contributed by atoms with van der Waals surface area (Å²) < 4.78 is 1.85. The molecule has 2 aromatic rings. The molecule has 2 rings (SSSR count). The van der Waals surface area contributed by atoms with Gasteiger partial charge in [-0.25, -0.2) is 0 Å². The van der Waals surface area contributed by atoms with Crippen molar-refractivity contribution in [3.8, 4) is 0 Å². The number of aryl methyl sites for hydroxylation is 1. The van der Waals surface area contributed by atoms with Gasteiger partial charge in [0.05, 0.1) is 11.4 Å². The molecular weight excluding hydrogens is 242 g/mol. The fourth-order valence-corrected chi connectivity index (χ4v) is 2.70. The molecule has 2 heterocycles. The number of aromatic nitrogens is 3. The highest BCUT2D eigenvalue weighted by Gasteiger charge is 2.16. The molecule has 0 amide bonds. The van der Waals surface area contributed by atoms with Crippen LogP contribution in [0.4, 0.5) is 0 Å². The minimum atomic E-state index is -0.163. The third kappa shape index (κ3) is 2.50. The molecule has 0 fully saturated rings. The van der Waals surface area contributed by atoms with Crippen LogP contribution < -0.4 is 11.1 Å². The fourth-order valence-electron chi connectivity index (χ4n) is 2.70. The molecule has 0 unspecified atom stereocenters. The van der Waals surface area contributed by atoms with Crippen molar-refractivity contribution >= 4 is 11.0 Å². The summed E-state index contributed by atoms with van der Waals surface area (Å²) in [5.41, 5.74) is 1.07. The van der Waals surface area contributed by atoms with Gasteiger partial charge in [0, 0.05) is 6.07 Å². The molecule has 2 N–H and O–H groups in total. The molecule has 0 bridgehead atoms. The van der Waals surface area contributed by atoms with E-state index in [9.17, 15) is 9.59 Å². The second-order valence-electron chi connectivity index (χ2n) is 5.08. The zero-order chi connectivity index (χ0) is 14.0. The second-order valence-corrected chi connectivity index (χ2v) is 5.08. The molecule has 0 aliphatic carbocycles. The molecule has 0 saturated carbocycles. The lowest BCUT2D eigenvalue weighted by molar-refractivity contribution is 0.398. The highest BCUT2D eigenvalue weighted by atomic mass is 16.1. The van der Waals surface area contributed by atoms with Crippen molar-refractivity contribution in [3.63, 3.8) is 0 Å². The summed E-state index contributed by atoms with van der Waals surface area (Å²) in [6, 6.07) is 1.70. The van der Waals surface area contributed by atoms with E-state index >= 15 is 0 Å². The Labute approximate surface area is 111 Å². The lowest BCUT2D eigenvalue weighted by Gasteiger charge is -2.17. The molecule has 0 saturated heterocycles. The number of nitrogens with zero attached hydrogens (tertiary/aromatic N) is 1. The topological polar surface area (TPSA) is 70.7 Å². The number of H-pyrrole nitrogens is 2. The van der Waals surface area contributed by atoms with Crippen molar-refractivity contribution in [2.24, 2.45) is 0 Å². The maximum Gasteiger partial charge on any atom is 0.273 e. The molecular formula is C14H21N3O2. The largest absolute Gasteiger partial charge is 0.307 e. The highest BCUT2D eigenvalue weighted by molar-refractivity contribution is 5.77. The van der Waals surface area contributed by atoms with Crippen molar-refractivity contribution in [3.05, 3.63) is 32.3 Å². The zero-order valence-electron chi connectivity index (χ0n) is 11.7. The standard InChI is InChI=1S/C14H21N3O2/c1-4-6-10(7-5-2)17-13-12(14(19)16-17)9(3)8-11(18)15-13/h8,10H,4-7H2,1-3H3,(H,15,18)(H,16,19). The number of aromatic amines is 2. The molecule has 19 heavy (non-hydrogen) atoms. The fraction of sp³-hybridized carbons (Fsp3) is 0.571. The van der Waals surface area contributed by atoms with Gasteiger partial charge in [0.1, 0.15) is 5.65 Å². The van der Waals surface area contributed by atoms with Crippen molar-refractivity contribution < 1.29 is 0 Å². The van der Waals surface area contributed by atoms with E-state index in [1.54, 1.807) is 6.92 Å². The van der Waals surface area contributed by atoms with E-state index in [2.05, 4.69) is 23.9 Å². The van der Waals surface area contributed by atoms with Crippen molar-refractivity contribution in [1.82, 2.24) is 14.8 Å². The first kappa shape index (κ1) is 13.6. The smallest absolute Gasteiger partial charge is 0.273 e. The van der Waals surface area contributed by atoms with Crippen LogP contribution in [0.1, 0.15) is 51.1 Å². The van der Waals surface area contributed by atoms with E-state index in [4.69, 9.17) is 0 Å². The van der Waals surface area contributed by atoms with E-state index in [0.717, 1.165) is 31.2 Å². The van der Waals surface area contributed by atoms with Crippen LogP contribution in [-0.4, -0.2) is 14.8 Å². The van der Waals surface area contributed by atoms with Gasteiger partial charge >= 0.3 is 0 Å². The molecule has 0 radical (unpaired) electrons. The number of hydrogen-bond donors (Lipinski definition) is 2. The van der Waals surface area contributed by atoms with Gasteiger partial charge in [0.25, 0.3) is 5.56 Å². The van der Waals surface area contributed by atoms with E-state index in [1.807, 2.05) is 4.68 Å². The average molecular weight is 263 g/mol. The first-order valence-electron chi connectivity index (χ1n) is 6.92. The van der Waals surface area contributed by atoms with Gasteiger partial charge in [0.2, 0.25) is 5.56 Å². The van der Waals surface area contributed by atoms with E-state index < -0.39 is 0 Å². The van der Waals surface area contributed by atoms with Crippen LogP contribution in [0.3, 0.4) is 0 Å². The van der Waals surface area contributed by atoms with Gasteiger partial charge in [-0.05, 0) is 25.3 Å². The maximum atomic E-state index is 12.0. The first-order valence-corrected chi connectivity index (χ1v) is 6.92. The highest BCUT2D eigenvalue weighted by Crippen LogP contribution is 2.22. The number of rotatable bonds is 5. The maximum absolute atomic E-state index is 12.0. The van der Waals surface area contributed by atoms with Crippen molar-refractivity contribution in [2.45, 2.75) is 52.5 Å². The Bertz CT molecular complexity index is 672. The quantitative estimate of drug-likeness (QED) is 0.870. The van der Waals surface area contributed by atoms with Crippen molar-refractivity contribution in [2.75, 3.05) is 0 Å². The second kappa shape index (κ2) is 5.47. The Morgan fingerprint density at radius 2 is 1.84 bits per heavy atom. The Hall–Kier alpha value is -1.78.